The van der Waals surface area contributed by atoms with E-state index in [0.29, 0.717) is 13.0 Å². The first-order chi connectivity index (χ1) is 13.0. The lowest BCUT2D eigenvalue weighted by molar-refractivity contribution is -0.136. The summed E-state index contributed by atoms with van der Waals surface area (Å²) in [5, 5.41) is 2.97. The topological polar surface area (TPSA) is 75.7 Å². The summed E-state index contributed by atoms with van der Waals surface area (Å²) < 4.78 is 32.4. The van der Waals surface area contributed by atoms with Crippen LogP contribution in [0.15, 0.2) is 59.5 Å². The van der Waals surface area contributed by atoms with Gasteiger partial charge in [-0.2, -0.15) is 4.31 Å². The number of sulfonamides is 1. The SMILES string of the molecule is O=C(NCCc1ccccc1)[C@@H]1CN(S(=O)(=O)c2ccccc2Cl)CCO1. The van der Waals surface area contributed by atoms with E-state index in [0.717, 1.165) is 5.56 Å². The number of morpholine rings is 1. The van der Waals surface area contributed by atoms with Crippen LogP contribution in [0.1, 0.15) is 5.56 Å². The number of hydrogen-bond acceptors (Lipinski definition) is 4. The van der Waals surface area contributed by atoms with Gasteiger partial charge in [0, 0.05) is 19.6 Å². The van der Waals surface area contributed by atoms with Crippen LogP contribution in [-0.2, 0) is 26.0 Å². The van der Waals surface area contributed by atoms with Crippen LogP contribution in [-0.4, -0.2) is 51.0 Å². The van der Waals surface area contributed by atoms with Crippen molar-refractivity contribution in [1.29, 1.82) is 0 Å². The van der Waals surface area contributed by atoms with E-state index in [9.17, 15) is 13.2 Å². The minimum atomic E-state index is -3.78. The highest BCUT2D eigenvalue weighted by atomic mass is 35.5. The minimum absolute atomic E-state index is 0.0370. The third-order valence-corrected chi connectivity index (χ3v) is 6.70. The van der Waals surface area contributed by atoms with Crippen LogP contribution in [0.3, 0.4) is 0 Å². The first-order valence-corrected chi connectivity index (χ1v) is 10.5. The van der Waals surface area contributed by atoms with Gasteiger partial charge in [0.15, 0.2) is 0 Å². The van der Waals surface area contributed by atoms with Crippen LogP contribution in [0, 0.1) is 0 Å². The predicted octanol–water partition coefficient (Wildman–Crippen LogP) is 2.09. The van der Waals surface area contributed by atoms with Gasteiger partial charge in [-0.1, -0.05) is 54.1 Å². The summed E-state index contributed by atoms with van der Waals surface area (Å²) in [4.78, 5) is 12.4. The lowest BCUT2D eigenvalue weighted by atomic mass is 10.1. The van der Waals surface area contributed by atoms with E-state index in [1.165, 1.54) is 16.4 Å². The zero-order valence-electron chi connectivity index (χ0n) is 14.7. The van der Waals surface area contributed by atoms with Crippen LogP contribution in [0.5, 0.6) is 0 Å². The maximum absolute atomic E-state index is 12.8. The Morgan fingerprint density at radius 3 is 2.59 bits per heavy atom. The molecule has 2 aromatic rings. The van der Waals surface area contributed by atoms with Gasteiger partial charge in [-0.25, -0.2) is 8.42 Å². The molecule has 0 radical (unpaired) electrons. The molecule has 0 bridgehead atoms. The Kier molecular flexibility index (Phi) is 6.49. The van der Waals surface area contributed by atoms with Gasteiger partial charge < -0.3 is 10.1 Å². The van der Waals surface area contributed by atoms with Crippen molar-refractivity contribution in [3.8, 4) is 0 Å². The Hall–Kier alpha value is -1.93. The van der Waals surface area contributed by atoms with Crippen molar-refractivity contribution < 1.29 is 17.9 Å². The predicted molar refractivity (Wildman–Crippen MR) is 103 cm³/mol. The van der Waals surface area contributed by atoms with Crippen LogP contribution in [0.25, 0.3) is 0 Å². The van der Waals surface area contributed by atoms with Crippen molar-refractivity contribution in [3.05, 3.63) is 65.2 Å². The normalized spacial score (nSPS) is 18.2. The Morgan fingerprint density at radius 2 is 1.85 bits per heavy atom. The second kappa shape index (κ2) is 8.84. The molecule has 1 atom stereocenters. The van der Waals surface area contributed by atoms with Gasteiger partial charge in [-0.05, 0) is 24.1 Å². The fraction of sp³-hybridized carbons (Fsp3) is 0.316. The number of rotatable bonds is 6. The van der Waals surface area contributed by atoms with E-state index in [4.69, 9.17) is 16.3 Å². The van der Waals surface area contributed by atoms with Crippen molar-refractivity contribution in [2.45, 2.75) is 17.4 Å². The quantitative estimate of drug-likeness (QED) is 0.794. The number of amides is 1. The van der Waals surface area contributed by atoms with Crippen molar-refractivity contribution in [3.63, 3.8) is 0 Å². The molecule has 1 fully saturated rings. The average Bonchev–Trinajstić information content (AvgIpc) is 2.69. The highest BCUT2D eigenvalue weighted by Crippen LogP contribution is 2.25. The molecule has 1 saturated heterocycles. The summed E-state index contributed by atoms with van der Waals surface area (Å²) in [6.45, 7) is 0.756. The van der Waals surface area contributed by atoms with E-state index in [-0.39, 0.29) is 35.5 Å². The third kappa shape index (κ3) is 4.87. The molecule has 0 unspecified atom stereocenters. The Bertz CT molecular complexity index is 890. The number of nitrogens with one attached hydrogen (secondary N) is 1. The zero-order chi connectivity index (χ0) is 19.3. The summed E-state index contributed by atoms with van der Waals surface area (Å²) >= 11 is 6.04. The van der Waals surface area contributed by atoms with Gasteiger partial charge in [0.2, 0.25) is 10.0 Å². The fourth-order valence-electron chi connectivity index (χ4n) is 2.88. The molecule has 6 nitrogen and oxygen atoms in total. The first kappa shape index (κ1) is 19.8. The second-order valence-electron chi connectivity index (χ2n) is 6.18. The number of carbonyl (C=O) groups excluding carboxylic acids is 1. The molecule has 1 aliphatic heterocycles. The minimum Gasteiger partial charge on any atom is -0.366 e. The van der Waals surface area contributed by atoms with Crippen molar-refractivity contribution >= 4 is 27.5 Å². The maximum atomic E-state index is 12.8. The lowest BCUT2D eigenvalue weighted by Crippen LogP contribution is -2.51. The molecule has 0 aliphatic carbocycles. The Balaban J connectivity index is 1.60. The molecule has 3 rings (SSSR count). The van der Waals surface area contributed by atoms with E-state index >= 15 is 0 Å². The van der Waals surface area contributed by atoms with Crippen LogP contribution in [0.2, 0.25) is 5.02 Å². The molecule has 0 spiro atoms. The lowest BCUT2D eigenvalue weighted by Gasteiger charge is -2.31. The molecule has 1 amide bonds. The zero-order valence-corrected chi connectivity index (χ0v) is 16.2. The third-order valence-electron chi connectivity index (χ3n) is 4.33. The summed E-state index contributed by atoms with van der Waals surface area (Å²) in [6, 6.07) is 16.1. The summed E-state index contributed by atoms with van der Waals surface area (Å²) in [5.74, 6) is -0.315. The largest absolute Gasteiger partial charge is 0.366 e. The van der Waals surface area contributed by atoms with Gasteiger partial charge in [0.1, 0.15) is 11.0 Å². The summed E-state index contributed by atoms with van der Waals surface area (Å²) in [6.07, 6.45) is -0.146. The van der Waals surface area contributed by atoms with Crippen LogP contribution in [0.4, 0.5) is 0 Å². The summed E-state index contributed by atoms with van der Waals surface area (Å²) in [7, 11) is -3.78. The summed E-state index contributed by atoms with van der Waals surface area (Å²) in [5.41, 5.74) is 1.12. The smallest absolute Gasteiger partial charge is 0.250 e. The molecule has 2 aromatic carbocycles. The van der Waals surface area contributed by atoms with E-state index < -0.39 is 16.1 Å². The molecule has 1 N–H and O–H groups in total. The average molecular weight is 409 g/mol. The van der Waals surface area contributed by atoms with Gasteiger partial charge in [-0.15, -0.1) is 0 Å². The fourth-order valence-corrected chi connectivity index (χ4v) is 4.80. The van der Waals surface area contributed by atoms with Crippen molar-refractivity contribution in [2.24, 2.45) is 0 Å². The molecule has 27 heavy (non-hydrogen) atoms. The number of hydrogen-bond donors (Lipinski definition) is 1. The highest BCUT2D eigenvalue weighted by Gasteiger charge is 2.34. The molecular weight excluding hydrogens is 388 g/mol. The monoisotopic (exact) mass is 408 g/mol. The van der Waals surface area contributed by atoms with Crippen molar-refractivity contribution in [2.75, 3.05) is 26.2 Å². The van der Waals surface area contributed by atoms with Crippen LogP contribution >= 0.6 is 11.6 Å². The van der Waals surface area contributed by atoms with Crippen LogP contribution < -0.4 is 5.32 Å². The molecule has 1 aliphatic rings. The van der Waals surface area contributed by atoms with E-state index in [1.54, 1.807) is 12.1 Å². The molecule has 0 saturated carbocycles. The van der Waals surface area contributed by atoms with E-state index in [2.05, 4.69) is 5.32 Å². The molecule has 1 heterocycles. The van der Waals surface area contributed by atoms with Gasteiger partial charge in [0.05, 0.1) is 11.6 Å². The molecule has 8 heteroatoms. The highest BCUT2D eigenvalue weighted by molar-refractivity contribution is 7.89. The molecule has 144 valence electrons. The Labute approximate surface area is 164 Å². The molecular formula is C19H21ClN2O4S. The number of carbonyl (C=O) groups is 1. The van der Waals surface area contributed by atoms with Crippen molar-refractivity contribution in [1.82, 2.24) is 9.62 Å². The van der Waals surface area contributed by atoms with Gasteiger partial charge in [0.25, 0.3) is 5.91 Å². The first-order valence-electron chi connectivity index (χ1n) is 8.66. The van der Waals surface area contributed by atoms with Gasteiger partial charge in [-0.3, -0.25) is 4.79 Å². The second-order valence-corrected chi connectivity index (χ2v) is 8.49. The molecule has 0 aromatic heterocycles. The number of ether oxygens (including phenoxy) is 1. The van der Waals surface area contributed by atoms with E-state index in [1.807, 2.05) is 30.3 Å². The number of benzene rings is 2. The standard InChI is InChI=1S/C19H21ClN2O4S/c20-16-8-4-5-9-18(16)27(24,25)22-12-13-26-17(14-22)19(23)21-11-10-15-6-2-1-3-7-15/h1-9,17H,10-14H2,(H,21,23)/t17-/m0/s1. The Morgan fingerprint density at radius 1 is 1.15 bits per heavy atom. The number of nitrogens with zero attached hydrogens (tertiary/aromatic N) is 1. The maximum Gasteiger partial charge on any atom is 0.250 e. The number of halogens is 1. The van der Waals surface area contributed by atoms with Gasteiger partial charge >= 0.3 is 0 Å².